The van der Waals surface area contributed by atoms with Crippen molar-refractivity contribution in [2.45, 2.75) is 26.4 Å². The molecule has 1 aromatic carbocycles. The van der Waals surface area contributed by atoms with Gasteiger partial charge in [0.05, 0.1) is 51.8 Å². The Morgan fingerprint density at radius 1 is 0.538 bits per heavy atom. The Hall–Kier alpha value is -2.00. The number of ether oxygens (including phenoxy) is 6. The zero-order chi connectivity index (χ0) is 19.7. The van der Waals surface area contributed by atoms with Gasteiger partial charge >= 0.3 is 11.9 Å². The Morgan fingerprint density at radius 2 is 0.808 bits per heavy atom. The van der Waals surface area contributed by atoms with Crippen LogP contribution in [0, 0.1) is 0 Å². The van der Waals surface area contributed by atoms with Gasteiger partial charge in [-0.3, -0.25) is 0 Å². The third-order valence-corrected chi connectivity index (χ3v) is 3.88. The fourth-order valence-electron chi connectivity index (χ4n) is 2.87. The molecule has 0 atom stereocenters. The van der Waals surface area contributed by atoms with E-state index in [1.165, 1.54) is 42.7 Å². The average Bonchev–Trinajstić information content (AvgIpc) is 2.64. The minimum Gasteiger partial charge on any atom is -0.465 e. The highest BCUT2D eigenvalue weighted by Gasteiger charge is 2.31. The molecule has 0 spiro atoms. The Kier molecular flexibility index (Phi) is 9.22. The summed E-state index contributed by atoms with van der Waals surface area (Å²) in [4.78, 5) is 25.1. The Bertz CT molecular complexity index is 584. The van der Waals surface area contributed by atoms with Gasteiger partial charge in [0.25, 0.3) is 0 Å². The maximum absolute atomic E-state index is 12.5. The molecular weight excluding hydrogens is 344 g/mol. The molecule has 0 aliphatic carbocycles. The SMILES string of the molecule is COCc1c(COC)c(COC)c(C(=O)OC)c(C(=O)OC)c1COC. The van der Waals surface area contributed by atoms with Crippen LogP contribution in [0.4, 0.5) is 0 Å². The molecule has 0 bridgehead atoms. The molecule has 0 fully saturated rings. The minimum atomic E-state index is -0.670. The zero-order valence-electron chi connectivity index (χ0n) is 16.1. The van der Waals surface area contributed by atoms with E-state index in [1.807, 2.05) is 0 Å². The van der Waals surface area contributed by atoms with E-state index in [0.717, 1.165) is 0 Å². The van der Waals surface area contributed by atoms with Crippen LogP contribution in [0.1, 0.15) is 43.0 Å². The van der Waals surface area contributed by atoms with Gasteiger partial charge in [-0.25, -0.2) is 9.59 Å². The largest absolute Gasteiger partial charge is 0.465 e. The maximum atomic E-state index is 12.5. The van der Waals surface area contributed by atoms with Crippen molar-refractivity contribution in [2.75, 3.05) is 42.7 Å². The van der Waals surface area contributed by atoms with E-state index in [-0.39, 0.29) is 37.6 Å². The first-order valence-electron chi connectivity index (χ1n) is 7.83. The van der Waals surface area contributed by atoms with Crippen LogP contribution in [0.2, 0.25) is 0 Å². The van der Waals surface area contributed by atoms with Crippen molar-refractivity contribution in [1.29, 1.82) is 0 Å². The van der Waals surface area contributed by atoms with E-state index in [2.05, 4.69) is 0 Å². The molecule has 0 N–H and O–H groups in total. The van der Waals surface area contributed by atoms with Gasteiger partial charge in [-0.05, 0) is 22.3 Å². The van der Waals surface area contributed by atoms with Crippen LogP contribution >= 0.6 is 0 Å². The second kappa shape index (κ2) is 10.9. The molecule has 8 heteroatoms. The van der Waals surface area contributed by atoms with Crippen LogP contribution < -0.4 is 0 Å². The first-order chi connectivity index (χ1) is 12.5. The summed E-state index contributed by atoms with van der Waals surface area (Å²) >= 11 is 0. The number of methoxy groups -OCH3 is 6. The number of hydrogen-bond donors (Lipinski definition) is 0. The molecule has 0 radical (unpaired) electrons. The summed E-state index contributed by atoms with van der Waals surface area (Å²) in [6.45, 7) is 0.549. The van der Waals surface area contributed by atoms with E-state index in [4.69, 9.17) is 28.4 Å². The molecule has 1 rings (SSSR count). The first-order valence-corrected chi connectivity index (χ1v) is 7.83. The fourth-order valence-corrected chi connectivity index (χ4v) is 2.87. The molecule has 8 nitrogen and oxygen atoms in total. The van der Waals surface area contributed by atoms with Crippen LogP contribution in [0.15, 0.2) is 0 Å². The van der Waals surface area contributed by atoms with Crippen LogP contribution in [-0.2, 0) is 54.8 Å². The summed E-state index contributed by atoms with van der Waals surface area (Å²) in [5.41, 5.74) is 2.54. The van der Waals surface area contributed by atoms with Crippen LogP contribution in [0.3, 0.4) is 0 Å². The van der Waals surface area contributed by atoms with Gasteiger partial charge in [-0.15, -0.1) is 0 Å². The number of hydrogen-bond acceptors (Lipinski definition) is 8. The molecule has 1 aromatic rings. The molecule has 0 saturated carbocycles. The lowest BCUT2D eigenvalue weighted by Gasteiger charge is -2.24. The van der Waals surface area contributed by atoms with Gasteiger partial charge in [0.2, 0.25) is 0 Å². The lowest BCUT2D eigenvalue weighted by Crippen LogP contribution is -2.23. The molecule has 26 heavy (non-hydrogen) atoms. The van der Waals surface area contributed by atoms with E-state index in [0.29, 0.717) is 22.3 Å². The molecule has 0 aromatic heterocycles. The van der Waals surface area contributed by atoms with Crippen molar-refractivity contribution in [2.24, 2.45) is 0 Å². The Morgan fingerprint density at radius 3 is 1.04 bits per heavy atom. The maximum Gasteiger partial charge on any atom is 0.339 e. The second-order valence-corrected chi connectivity index (χ2v) is 5.38. The van der Waals surface area contributed by atoms with Crippen molar-refractivity contribution >= 4 is 11.9 Å². The number of benzene rings is 1. The summed E-state index contributed by atoms with van der Waals surface area (Å²) in [6, 6.07) is 0. The van der Waals surface area contributed by atoms with Gasteiger partial charge < -0.3 is 28.4 Å². The minimum absolute atomic E-state index is 0.0805. The lowest BCUT2D eigenvalue weighted by molar-refractivity contribution is 0.0545. The third kappa shape index (κ3) is 4.59. The topological polar surface area (TPSA) is 89.5 Å². The molecule has 0 aliphatic rings. The van der Waals surface area contributed by atoms with E-state index < -0.39 is 11.9 Å². The number of rotatable bonds is 10. The third-order valence-electron chi connectivity index (χ3n) is 3.88. The summed E-state index contributed by atoms with van der Waals surface area (Å²) < 4.78 is 31.0. The summed E-state index contributed by atoms with van der Waals surface area (Å²) in [6.07, 6.45) is 0. The lowest BCUT2D eigenvalue weighted by atomic mass is 9.86. The van der Waals surface area contributed by atoms with Gasteiger partial charge in [-0.2, -0.15) is 0 Å². The zero-order valence-corrected chi connectivity index (χ0v) is 16.1. The van der Waals surface area contributed by atoms with Gasteiger partial charge in [0, 0.05) is 28.4 Å². The van der Waals surface area contributed by atoms with E-state index in [9.17, 15) is 9.59 Å². The van der Waals surface area contributed by atoms with Crippen molar-refractivity contribution in [3.8, 4) is 0 Å². The molecular formula is C18H26O8. The molecule has 0 aliphatic heterocycles. The fraction of sp³-hybridized carbons (Fsp3) is 0.556. The molecule has 146 valence electrons. The predicted octanol–water partition coefficient (Wildman–Crippen LogP) is 1.85. The molecule has 0 unspecified atom stereocenters. The van der Waals surface area contributed by atoms with Crippen molar-refractivity contribution < 1.29 is 38.0 Å². The van der Waals surface area contributed by atoms with Gasteiger partial charge in [0.1, 0.15) is 0 Å². The van der Waals surface area contributed by atoms with Crippen molar-refractivity contribution in [3.05, 3.63) is 33.4 Å². The van der Waals surface area contributed by atoms with Crippen LogP contribution in [0.5, 0.6) is 0 Å². The monoisotopic (exact) mass is 370 g/mol. The van der Waals surface area contributed by atoms with Crippen LogP contribution in [0.25, 0.3) is 0 Å². The van der Waals surface area contributed by atoms with Crippen molar-refractivity contribution in [1.82, 2.24) is 0 Å². The molecule has 0 amide bonds. The number of esters is 2. The smallest absolute Gasteiger partial charge is 0.339 e. The number of carbonyl (C=O) groups is 2. The molecule has 0 saturated heterocycles. The normalized spacial score (nSPS) is 10.7. The second-order valence-electron chi connectivity index (χ2n) is 5.38. The highest BCUT2D eigenvalue weighted by molar-refractivity contribution is 6.06. The van der Waals surface area contributed by atoms with Gasteiger partial charge in [0.15, 0.2) is 0 Å². The Labute approximate surface area is 153 Å². The Balaban J connectivity index is 4.04. The standard InChI is InChI=1S/C18H26O8/c1-21-7-11-12(8-22-2)14(10-24-4)16(18(20)26-6)15(17(19)25-5)13(11)9-23-3/h7-10H2,1-6H3. The highest BCUT2D eigenvalue weighted by Crippen LogP contribution is 2.32. The first kappa shape index (κ1) is 22.0. The summed E-state index contributed by atoms with van der Waals surface area (Å²) in [5, 5.41) is 0. The number of carbonyl (C=O) groups excluding carboxylic acids is 2. The van der Waals surface area contributed by atoms with Crippen molar-refractivity contribution in [3.63, 3.8) is 0 Å². The molecule has 0 heterocycles. The van der Waals surface area contributed by atoms with Gasteiger partial charge in [-0.1, -0.05) is 0 Å². The van der Waals surface area contributed by atoms with Crippen LogP contribution in [-0.4, -0.2) is 54.6 Å². The summed E-state index contributed by atoms with van der Waals surface area (Å²) in [7, 11) is 8.55. The quantitative estimate of drug-likeness (QED) is 0.577. The predicted molar refractivity (Wildman–Crippen MR) is 92.0 cm³/mol. The summed E-state index contributed by atoms with van der Waals surface area (Å²) in [5.74, 6) is -1.34. The van der Waals surface area contributed by atoms with E-state index in [1.54, 1.807) is 0 Å². The highest BCUT2D eigenvalue weighted by atomic mass is 16.5. The van der Waals surface area contributed by atoms with E-state index >= 15 is 0 Å². The average molecular weight is 370 g/mol.